The van der Waals surface area contributed by atoms with Crippen molar-refractivity contribution in [3.05, 3.63) is 88.5 Å². The molecule has 1 atom stereocenters. The highest BCUT2D eigenvalue weighted by molar-refractivity contribution is 9.10. The molecule has 3 aromatic rings. The van der Waals surface area contributed by atoms with Gasteiger partial charge in [0.15, 0.2) is 5.82 Å². The van der Waals surface area contributed by atoms with Crippen LogP contribution in [0.25, 0.3) is 0 Å². The fourth-order valence-corrected chi connectivity index (χ4v) is 4.07. The minimum Gasteiger partial charge on any atom is -0.273 e. The van der Waals surface area contributed by atoms with Gasteiger partial charge >= 0.3 is 0 Å². The van der Waals surface area contributed by atoms with E-state index in [0.29, 0.717) is 5.82 Å². The van der Waals surface area contributed by atoms with Crippen LogP contribution in [0.2, 0.25) is 0 Å². The molecule has 1 unspecified atom stereocenters. The fraction of sp³-hybridized carbons (Fsp3) is 0.182. The number of hydrogen-bond donors (Lipinski definition) is 0. The zero-order valence-electron chi connectivity index (χ0n) is 14.3. The van der Waals surface area contributed by atoms with Gasteiger partial charge in [-0.1, -0.05) is 42.5 Å². The first kappa shape index (κ1) is 17.0. The van der Waals surface area contributed by atoms with Crippen LogP contribution >= 0.6 is 15.9 Å². The van der Waals surface area contributed by atoms with Crippen molar-refractivity contribution in [3.8, 4) is 0 Å². The molecule has 0 radical (unpaired) electrons. The Morgan fingerprint density at radius 3 is 2.58 bits per heavy atom. The van der Waals surface area contributed by atoms with Crippen LogP contribution in [-0.2, 0) is 11.2 Å². The zero-order chi connectivity index (χ0) is 17.9. The molecule has 1 aromatic heterocycles. The Balaban J connectivity index is 1.81. The van der Waals surface area contributed by atoms with Crippen molar-refractivity contribution in [2.45, 2.75) is 25.2 Å². The Morgan fingerprint density at radius 2 is 1.77 bits per heavy atom. The monoisotopic (exact) mass is 406 g/mol. The fourth-order valence-electron chi connectivity index (χ4n) is 3.64. The number of rotatable bonds is 3. The van der Waals surface area contributed by atoms with Crippen LogP contribution < -0.4 is 4.90 Å². The van der Waals surface area contributed by atoms with Crippen molar-refractivity contribution in [2.24, 2.45) is 0 Å². The predicted molar refractivity (Wildman–Crippen MR) is 108 cm³/mol. The summed E-state index contributed by atoms with van der Waals surface area (Å²) < 4.78 is 0.807. The molecule has 130 valence electrons. The number of para-hydroxylation sites is 1. The van der Waals surface area contributed by atoms with Gasteiger partial charge in [0.2, 0.25) is 5.91 Å². The number of benzene rings is 2. The Morgan fingerprint density at radius 1 is 1.00 bits per heavy atom. The zero-order valence-corrected chi connectivity index (χ0v) is 15.9. The molecule has 3 nitrogen and oxygen atoms in total. The Bertz CT molecular complexity index is 926. The molecule has 0 spiro atoms. The number of hydrogen-bond acceptors (Lipinski definition) is 2. The summed E-state index contributed by atoms with van der Waals surface area (Å²) >= 11 is 3.56. The lowest BCUT2D eigenvalue weighted by Crippen LogP contribution is -2.33. The molecule has 1 heterocycles. The second kappa shape index (κ2) is 7.42. The van der Waals surface area contributed by atoms with Crippen molar-refractivity contribution in [1.29, 1.82) is 0 Å². The van der Waals surface area contributed by atoms with Crippen molar-refractivity contribution in [3.63, 3.8) is 0 Å². The molecule has 4 heteroatoms. The van der Waals surface area contributed by atoms with Gasteiger partial charge < -0.3 is 0 Å². The van der Waals surface area contributed by atoms with E-state index >= 15 is 0 Å². The molecular weight excluding hydrogens is 388 g/mol. The summed E-state index contributed by atoms with van der Waals surface area (Å²) in [6, 6.07) is 21.8. The Hall–Kier alpha value is -2.46. The third-order valence-electron chi connectivity index (χ3n) is 4.85. The van der Waals surface area contributed by atoms with E-state index in [4.69, 9.17) is 0 Å². The van der Waals surface area contributed by atoms with E-state index in [-0.39, 0.29) is 11.8 Å². The number of aromatic nitrogens is 1. The molecule has 0 N–H and O–H groups in total. The van der Waals surface area contributed by atoms with Gasteiger partial charge in [-0.2, -0.15) is 0 Å². The Kier molecular flexibility index (Phi) is 4.85. The molecule has 0 fully saturated rings. The third-order valence-corrected chi connectivity index (χ3v) is 5.47. The number of pyridine rings is 1. The number of carbonyl (C=O) groups is 1. The smallest absolute Gasteiger partial charge is 0.240 e. The molecular formula is C22H19BrN2O. The lowest BCUT2D eigenvalue weighted by Gasteiger charge is -2.31. The van der Waals surface area contributed by atoms with Crippen molar-refractivity contribution in [1.82, 2.24) is 4.98 Å². The van der Waals surface area contributed by atoms with E-state index in [1.807, 2.05) is 48.5 Å². The summed E-state index contributed by atoms with van der Waals surface area (Å²) in [5, 5.41) is 0. The summed E-state index contributed by atoms with van der Waals surface area (Å²) in [5.41, 5.74) is 3.27. The van der Waals surface area contributed by atoms with Crippen LogP contribution in [0.3, 0.4) is 0 Å². The van der Waals surface area contributed by atoms with E-state index in [9.17, 15) is 4.79 Å². The molecule has 4 rings (SSSR count). The normalized spacial score (nSPS) is 16.0. The van der Waals surface area contributed by atoms with E-state index < -0.39 is 0 Å². The maximum Gasteiger partial charge on any atom is 0.240 e. The average molecular weight is 407 g/mol. The third kappa shape index (κ3) is 3.17. The first-order valence-corrected chi connectivity index (χ1v) is 9.62. The van der Waals surface area contributed by atoms with Gasteiger partial charge in [0.05, 0.1) is 16.1 Å². The van der Waals surface area contributed by atoms with Crippen LogP contribution in [0, 0.1) is 0 Å². The van der Waals surface area contributed by atoms with Crippen LogP contribution in [0.4, 0.5) is 11.5 Å². The second-order valence-corrected chi connectivity index (χ2v) is 7.32. The van der Waals surface area contributed by atoms with Crippen LogP contribution in [-0.4, -0.2) is 10.9 Å². The van der Waals surface area contributed by atoms with Gasteiger partial charge in [-0.15, -0.1) is 0 Å². The van der Waals surface area contributed by atoms with E-state index in [1.165, 1.54) is 5.56 Å². The van der Waals surface area contributed by atoms with Gasteiger partial charge in [0, 0.05) is 6.20 Å². The average Bonchev–Trinajstić information content (AvgIpc) is 2.70. The van der Waals surface area contributed by atoms with Gasteiger partial charge in [-0.05, 0) is 70.6 Å². The summed E-state index contributed by atoms with van der Waals surface area (Å²) in [5.74, 6) is 0.559. The van der Waals surface area contributed by atoms with Gasteiger partial charge in [0.1, 0.15) is 0 Å². The highest BCUT2D eigenvalue weighted by Gasteiger charge is 2.32. The number of anilines is 2. The van der Waals surface area contributed by atoms with Crippen molar-refractivity contribution < 1.29 is 4.79 Å². The predicted octanol–water partition coefficient (Wildman–Crippen LogP) is 5.63. The number of carbonyl (C=O) groups excluding carboxylic acids is 1. The first-order valence-electron chi connectivity index (χ1n) is 8.83. The lowest BCUT2D eigenvalue weighted by molar-refractivity contribution is -0.119. The number of nitrogens with zero attached hydrogens (tertiary/aromatic N) is 2. The first-order chi connectivity index (χ1) is 12.8. The molecule has 0 aliphatic heterocycles. The number of halogens is 1. The standard InChI is InChI=1S/C22H19BrN2O/c23-20-14-7-15-24-21(20)25(17-10-2-1-3-11-17)22(26)19-13-6-9-16-8-4-5-12-18(16)19/h1-5,7-8,10-12,14-15,19H,6,9,13H2. The number of aryl methyl sites for hydroxylation is 1. The molecule has 26 heavy (non-hydrogen) atoms. The summed E-state index contributed by atoms with van der Waals surface area (Å²) in [6.07, 6.45) is 4.65. The van der Waals surface area contributed by atoms with E-state index in [0.717, 1.165) is 35.0 Å². The van der Waals surface area contributed by atoms with E-state index in [2.05, 4.69) is 39.1 Å². The molecule has 0 bridgehead atoms. The van der Waals surface area contributed by atoms with Crippen molar-refractivity contribution in [2.75, 3.05) is 4.90 Å². The SMILES string of the molecule is O=C(C1CCCc2ccccc21)N(c1ccccc1)c1ncccc1Br. The van der Waals surface area contributed by atoms with E-state index in [1.54, 1.807) is 11.1 Å². The quantitative estimate of drug-likeness (QED) is 0.564. The molecule has 1 aliphatic rings. The number of fused-ring (bicyclic) bond motifs is 1. The van der Waals surface area contributed by atoms with Crippen LogP contribution in [0.1, 0.15) is 29.9 Å². The molecule has 0 saturated heterocycles. The molecule has 1 aliphatic carbocycles. The Labute approximate surface area is 161 Å². The van der Waals surface area contributed by atoms with Crippen LogP contribution in [0.5, 0.6) is 0 Å². The second-order valence-electron chi connectivity index (χ2n) is 6.46. The maximum atomic E-state index is 13.7. The van der Waals surface area contributed by atoms with Crippen LogP contribution in [0.15, 0.2) is 77.4 Å². The topological polar surface area (TPSA) is 33.2 Å². The van der Waals surface area contributed by atoms with Crippen molar-refractivity contribution >= 4 is 33.3 Å². The minimum atomic E-state index is -0.144. The maximum absolute atomic E-state index is 13.7. The highest BCUT2D eigenvalue weighted by atomic mass is 79.9. The number of amides is 1. The summed E-state index contributed by atoms with van der Waals surface area (Å²) in [7, 11) is 0. The lowest BCUT2D eigenvalue weighted by atomic mass is 9.82. The summed E-state index contributed by atoms with van der Waals surface area (Å²) in [4.78, 5) is 19.9. The van der Waals surface area contributed by atoms with Gasteiger partial charge in [0.25, 0.3) is 0 Å². The summed E-state index contributed by atoms with van der Waals surface area (Å²) in [6.45, 7) is 0. The molecule has 0 saturated carbocycles. The van der Waals surface area contributed by atoms with Gasteiger partial charge in [-0.25, -0.2) is 4.98 Å². The molecule has 1 amide bonds. The molecule has 2 aromatic carbocycles. The van der Waals surface area contributed by atoms with Gasteiger partial charge in [-0.3, -0.25) is 9.69 Å². The minimum absolute atomic E-state index is 0.0720. The highest BCUT2D eigenvalue weighted by Crippen LogP contribution is 2.38. The largest absolute Gasteiger partial charge is 0.273 e.